The molecule has 1 fully saturated rings. The number of carbonyl (C=O) groups is 4. The van der Waals surface area contributed by atoms with E-state index in [-0.39, 0.29) is 36.1 Å². The Kier molecular flexibility index (Phi) is 72.4. The lowest BCUT2D eigenvalue weighted by molar-refractivity contribution is -0.151. The first kappa shape index (κ1) is 97.7. The molecule has 1 heterocycles. The highest BCUT2D eigenvalue weighted by Gasteiger charge is 2.21. The highest BCUT2D eigenvalue weighted by molar-refractivity contribution is 5.70. The van der Waals surface area contributed by atoms with Crippen molar-refractivity contribution in [3.05, 3.63) is 0 Å². The van der Waals surface area contributed by atoms with Gasteiger partial charge in [-0.25, -0.2) is 0 Å². The average molecular weight is 1440 g/mol. The number of unbranched alkanes of at least 4 members (excludes halogenated alkanes) is 40. The summed E-state index contributed by atoms with van der Waals surface area (Å²) in [6.45, 7) is 32.3. The van der Waals surface area contributed by atoms with E-state index in [4.69, 9.17) is 18.9 Å². The lowest BCUT2D eigenvalue weighted by Crippen LogP contribution is -2.50. The largest absolute Gasteiger partial charge is 0.465 e. The van der Waals surface area contributed by atoms with Crippen molar-refractivity contribution in [2.75, 3.05) is 91.8 Å². The highest BCUT2D eigenvalue weighted by atomic mass is 16.6. The minimum atomic E-state index is -0.0285. The molecule has 0 spiro atoms. The maximum atomic E-state index is 13.2. The van der Waals surface area contributed by atoms with Gasteiger partial charge >= 0.3 is 23.9 Å². The van der Waals surface area contributed by atoms with Crippen molar-refractivity contribution < 1.29 is 38.1 Å². The zero-order valence-corrected chi connectivity index (χ0v) is 69.7. The number of hydrogen-bond acceptors (Lipinski definition) is 12. The summed E-state index contributed by atoms with van der Waals surface area (Å²) in [4.78, 5) is 62.7. The van der Waals surface area contributed by atoms with E-state index in [9.17, 15) is 19.2 Å². The molecule has 1 aliphatic heterocycles. The third kappa shape index (κ3) is 66.0. The molecule has 0 aromatic carbocycles. The molecular weight excluding hydrogens is 1270 g/mol. The summed E-state index contributed by atoms with van der Waals surface area (Å²) in [6.07, 6.45) is 69.3. The third-order valence-corrected chi connectivity index (χ3v) is 22.1. The van der Waals surface area contributed by atoms with Crippen molar-refractivity contribution in [2.24, 2.45) is 11.8 Å². The number of nitrogens with zero attached hydrogens (tertiary/aromatic N) is 4. The second kappa shape index (κ2) is 75.5. The van der Waals surface area contributed by atoms with Crippen LogP contribution in [0.1, 0.15) is 441 Å². The molecule has 0 aliphatic carbocycles. The summed E-state index contributed by atoms with van der Waals surface area (Å²) in [7, 11) is 0. The normalized spacial score (nSPS) is 13.7. The fourth-order valence-corrected chi connectivity index (χ4v) is 14.9. The van der Waals surface area contributed by atoms with Crippen LogP contribution in [-0.4, -0.2) is 147 Å². The first-order valence-corrected chi connectivity index (χ1v) is 45.6. The van der Waals surface area contributed by atoms with Gasteiger partial charge in [0, 0.05) is 78.0 Å². The maximum absolute atomic E-state index is 13.2. The van der Waals surface area contributed by atoms with Crippen LogP contribution in [0.2, 0.25) is 0 Å². The van der Waals surface area contributed by atoms with Gasteiger partial charge < -0.3 is 28.7 Å². The monoisotopic (exact) mass is 1440 g/mol. The van der Waals surface area contributed by atoms with Gasteiger partial charge in [-0.3, -0.25) is 29.0 Å². The summed E-state index contributed by atoms with van der Waals surface area (Å²) in [5.41, 5.74) is 0. The van der Waals surface area contributed by atoms with Crippen LogP contribution in [0.4, 0.5) is 0 Å². The second-order valence-corrected chi connectivity index (χ2v) is 32.5. The quantitative estimate of drug-likeness (QED) is 0.0328. The molecule has 0 saturated carbocycles. The lowest BCUT2D eigenvalue weighted by Gasteiger charge is -2.37. The van der Waals surface area contributed by atoms with Crippen molar-refractivity contribution in [2.45, 2.75) is 453 Å². The summed E-state index contributed by atoms with van der Waals surface area (Å²) in [6, 6.07) is 0. The van der Waals surface area contributed by atoms with Crippen LogP contribution in [0.25, 0.3) is 0 Å². The summed E-state index contributed by atoms with van der Waals surface area (Å²) in [5.74, 6) is 0.854. The van der Waals surface area contributed by atoms with E-state index in [2.05, 4.69) is 75.0 Å². The minimum absolute atomic E-state index is 0.0231. The average Bonchev–Trinajstić information content (AvgIpc) is 0.946. The summed E-state index contributed by atoms with van der Waals surface area (Å²) < 4.78 is 23.9. The fraction of sp³-hybridized carbons (Fsp3) is 0.956. The Bertz CT molecular complexity index is 1640. The van der Waals surface area contributed by atoms with Gasteiger partial charge in [-0.05, 0) is 154 Å². The van der Waals surface area contributed by atoms with E-state index in [1.54, 1.807) is 0 Å². The van der Waals surface area contributed by atoms with E-state index in [0.29, 0.717) is 50.7 Å². The van der Waals surface area contributed by atoms with E-state index in [1.165, 1.54) is 244 Å². The topological polar surface area (TPSA) is 118 Å². The Morgan fingerprint density at radius 3 is 0.755 bits per heavy atom. The molecular formula is C90H176N4O8. The van der Waals surface area contributed by atoms with Crippen molar-refractivity contribution in [3.8, 4) is 0 Å². The van der Waals surface area contributed by atoms with Crippen LogP contribution >= 0.6 is 0 Å². The molecule has 0 bridgehead atoms. The van der Waals surface area contributed by atoms with Gasteiger partial charge in [0.25, 0.3) is 0 Å². The molecule has 12 nitrogen and oxygen atoms in total. The Morgan fingerprint density at radius 1 is 0.265 bits per heavy atom. The lowest BCUT2D eigenvalue weighted by atomic mass is 10.0. The minimum Gasteiger partial charge on any atom is -0.465 e. The number of esters is 4. The smallest absolute Gasteiger partial charge is 0.306 e. The van der Waals surface area contributed by atoms with E-state index in [0.717, 1.165) is 194 Å². The van der Waals surface area contributed by atoms with Crippen LogP contribution in [0.15, 0.2) is 0 Å². The predicted octanol–water partition coefficient (Wildman–Crippen LogP) is 24.9. The molecule has 102 heavy (non-hydrogen) atoms. The molecule has 1 rings (SSSR count). The zero-order chi connectivity index (χ0) is 74.1. The van der Waals surface area contributed by atoms with Crippen molar-refractivity contribution in [3.63, 3.8) is 0 Å². The molecule has 0 amide bonds. The van der Waals surface area contributed by atoms with Gasteiger partial charge in [-0.1, -0.05) is 299 Å². The van der Waals surface area contributed by atoms with Crippen LogP contribution in [0.3, 0.4) is 0 Å². The van der Waals surface area contributed by atoms with Gasteiger partial charge in [-0.15, -0.1) is 0 Å². The molecule has 0 aromatic heterocycles. The van der Waals surface area contributed by atoms with Crippen LogP contribution in [0.5, 0.6) is 0 Å². The van der Waals surface area contributed by atoms with Crippen LogP contribution in [0, 0.1) is 11.8 Å². The van der Waals surface area contributed by atoms with Crippen molar-refractivity contribution >= 4 is 23.9 Å². The second-order valence-electron chi connectivity index (χ2n) is 32.5. The molecule has 0 aromatic rings. The SMILES string of the molecule is CCCCCCCCC(CCCCCCCC)OC(=O)CCCCCCCN(CCCCCC(=O)OCC(C)CCCCCCC)CCN1CCN(CCN(CCCCCCCC(=O)OC(CCCCCCCC)CCCCCCCC)CCCCCC(=O)OCC(C)CCCCCCC)CC1. The summed E-state index contributed by atoms with van der Waals surface area (Å²) in [5, 5.41) is 0. The van der Waals surface area contributed by atoms with E-state index in [1.807, 2.05) is 0 Å². The van der Waals surface area contributed by atoms with E-state index >= 15 is 0 Å². The molecule has 1 aliphatic rings. The van der Waals surface area contributed by atoms with Crippen molar-refractivity contribution in [1.29, 1.82) is 0 Å². The molecule has 12 heteroatoms. The Hall–Kier alpha value is -2.28. The van der Waals surface area contributed by atoms with Crippen LogP contribution in [-0.2, 0) is 38.1 Å². The highest BCUT2D eigenvalue weighted by Crippen LogP contribution is 2.23. The standard InChI is InChI=1S/C90H176N4O8/c1-9-15-21-27-35-47-61-85(62-48-36-28-22-16-10-2)101-89(97)67-51-39-31-41-55-69-91(71-57-43-53-65-87(95)99-81-83(7)59-45-33-25-19-13-5)73-75-93-77-79-94(80-78-93)76-74-92(72-58-44-54-66-88(96)100-82-84(8)60-46-34-26-20-14-6)70-56-42-32-40-52-68-90(98)102-86(63-49-37-29-23-17-11-3)64-50-38-30-24-18-12-4/h83-86H,9-82H2,1-8H3. The molecule has 1 saturated heterocycles. The third-order valence-electron chi connectivity index (χ3n) is 22.1. The Morgan fingerprint density at radius 2 is 0.480 bits per heavy atom. The zero-order valence-electron chi connectivity index (χ0n) is 69.7. The number of ether oxygens (including phenoxy) is 4. The first-order valence-electron chi connectivity index (χ1n) is 45.6. The molecule has 2 atom stereocenters. The molecule has 2 unspecified atom stereocenters. The van der Waals surface area contributed by atoms with Gasteiger partial charge in [0.2, 0.25) is 0 Å². The number of hydrogen-bond donors (Lipinski definition) is 0. The van der Waals surface area contributed by atoms with Gasteiger partial charge in [0.05, 0.1) is 13.2 Å². The van der Waals surface area contributed by atoms with Crippen LogP contribution < -0.4 is 0 Å². The number of piperazine rings is 1. The van der Waals surface area contributed by atoms with Crippen molar-refractivity contribution in [1.82, 2.24) is 19.6 Å². The van der Waals surface area contributed by atoms with E-state index < -0.39 is 0 Å². The van der Waals surface area contributed by atoms with Gasteiger partial charge in [0.1, 0.15) is 12.2 Å². The number of rotatable bonds is 80. The predicted molar refractivity (Wildman–Crippen MR) is 437 cm³/mol. The maximum Gasteiger partial charge on any atom is 0.306 e. The number of carbonyl (C=O) groups excluding carboxylic acids is 4. The Labute approximate surface area is 634 Å². The molecule has 0 N–H and O–H groups in total. The Balaban J connectivity index is 2.83. The summed E-state index contributed by atoms with van der Waals surface area (Å²) >= 11 is 0. The van der Waals surface area contributed by atoms with Gasteiger partial charge in [0.15, 0.2) is 0 Å². The molecule has 604 valence electrons. The fourth-order valence-electron chi connectivity index (χ4n) is 14.9. The van der Waals surface area contributed by atoms with Gasteiger partial charge in [-0.2, -0.15) is 0 Å². The molecule has 0 radical (unpaired) electrons. The first-order chi connectivity index (χ1) is 50.0.